The minimum atomic E-state index is -0.131. The van der Waals surface area contributed by atoms with Gasteiger partial charge in [-0.15, -0.1) is 0 Å². The number of rotatable bonds is 11. The fraction of sp³-hybridized carbons (Fsp3) is 0.0879. The van der Waals surface area contributed by atoms with E-state index in [4.69, 9.17) is 4.98 Å². The van der Waals surface area contributed by atoms with Gasteiger partial charge in [-0.05, 0) is 213 Å². The van der Waals surface area contributed by atoms with Crippen molar-refractivity contribution >= 4 is 57.2 Å². The zero-order valence-corrected chi connectivity index (χ0v) is 54.6. The minimum absolute atomic E-state index is 0.0479. The predicted octanol–water partition coefficient (Wildman–Crippen LogP) is 22.8. The maximum absolute atomic E-state index is 6.02. The molecule has 0 amide bonds. The van der Waals surface area contributed by atoms with Crippen molar-refractivity contribution in [2.75, 3.05) is 9.80 Å². The number of anilines is 6. The summed E-state index contributed by atoms with van der Waals surface area (Å²) in [6.07, 6.45) is 0. The Morgan fingerprint density at radius 3 is 0.811 bits per heavy atom. The topological polar surface area (TPSA) is 19.4 Å². The van der Waals surface area contributed by atoms with Crippen LogP contribution in [-0.2, 0) is 10.8 Å². The first kappa shape index (κ1) is 58.7. The zero-order valence-electron chi connectivity index (χ0n) is 54.6. The van der Waals surface area contributed by atoms with Gasteiger partial charge in [-0.3, -0.25) is 0 Å². The van der Waals surface area contributed by atoms with E-state index < -0.39 is 0 Å². The van der Waals surface area contributed by atoms with Crippen LogP contribution in [0, 0.1) is 0 Å². The van der Waals surface area contributed by atoms with Gasteiger partial charge >= 0.3 is 0 Å². The molecule has 0 spiro atoms. The van der Waals surface area contributed by atoms with Gasteiger partial charge in [0.25, 0.3) is 6.71 Å². The summed E-state index contributed by atoms with van der Waals surface area (Å²) >= 11 is 0. The Morgan fingerprint density at radius 1 is 0.232 bits per heavy atom. The Balaban J connectivity index is 1.02. The molecular weight excluding hydrogens is 1150 g/mol. The summed E-state index contributed by atoms with van der Waals surface area (Å²) < 4.78 is 0. The van der Waals surface area contributed by atoms with Crippen LogP contribution in [0.3, 0.4) is 0 Å². The quantitative estimate of drug-likeness (QED) is 0.120. The van der Waals surface area contributed by atoms with Crippen LogP contribution in [0.4, 0.5) is 34.1 Å². The molecule has 14 aromatic rings. The van der Waals surface area contributed by atoms with Crippen LogP contribution in [0.2, 0.25) is 0 Å². The molecule has 13 aromatic carbocycles. The van der Waals surface area contributed by atoms with E-state index in [-0.39, 0.29) is 17.5 Å². The van der Waals surface area contributed by atoms with Crippen molar-refractivity contribution in [2.45, 2.75) is 52.4 Å². The molecule has 0 fully saturated rings. The van der Waals surface area contributed by atoms with Gasteiger partial charge in [-0.1, -0.05) is 272 Å². The summed E-state index contributed by atoms with van der Waals surface area (Å²) in [6, 6.07) is 122. The highest BCUT2D eigenvalue weighted by Gasteiger charge is 2.44. The van der Waals surface area contributed by atoms with Crippen molar-refractivity contribution in [3.05, 3.63) is 339 Å². The summed E-state index contributed by atoms with van der Waals surface area (Å²) in [5, 5.41) is 0. The third kappa shape index (κ3) is 11.3. The summed E-state index contributed by atoms with van der Waals surface area (Å²) in [4.78, 5) is 11.1. The number of aromatic nitrogens is 1. The van der Waals surface area contributed by atoms with Crippen LogP contribution in [-0.4, -0.2) is 11.7 Å². The van der Waals surface area contributed by atoms with Gasteiger partial charge < -0.3 is 9.80 Å². The second-order valence-corrected chi connectivity index (χ2v) is 27.6. The third-order valence-electron chi connectivity index (χ3n) is 19.3. The number of benzene rings is 13. The number of nitrogens with zero attached hydrogens (tertiary/aromatic N) is 3. The fourth-order valence-corrected chi connectivity index (χ4v) is 14.3. The normalized spacial score (nSPS) is 12.5. The Bertz CT molecular complexity index is 4720. The number of fused-ring (bicyclic) bond motifs is 4. The van der Waals surface area contributed by atoms with Crippen LogP contribution in [0.25, 0.3) is 100 Å². The Morgan fingerprint density at radius 2 is 0.495 bits per heavy atom. The van der Waals surface area contributed by atoms with Gasteiger partial charge in [0.05, 0.1) is 11.4 Å². The smallest absolute Gasteiger partial charge is 0.252 e. The summed E-state index contributed by atoms with van der Waals surface area (Å²) in [5.41, 5.74) is 32.7. The number of hydrogen-bond donors (Lipinski definition) is 0. The third-order valence-corrected chi connectivity index (χ3v) is 19.3. The van der Waals surface area contributed by atoms with Gasteiger partial charge in [-0.2, -0.15) is 0 Å². The molecule has 0 radical (unpaired) electrons. The van der Waals surface area contributed by atoms with Crippen LogP contribution < -0.4 is 26.2 Å². The lowest BCUT2D eigenvalue weighted by Gasteiger charge is -2.45. The molecule has 0 N–H and O–H groups in total. The maximum atomic E-state index is 6.02. The Labute approximate surface area is 560 Å². The Hall–Kier alpha value is -11.3. The standard InChI is InChI=1S/C91H72BN3/c1-90(2,3)77-39-43-79(44-40-77)94-85-57-67(61-25-13-7-14-26-61)37-47-81(85)92-82-48-38-68(62-27-15-8-16-28-62)58-86(82)95(80-45-41-78(42-46-80)91(4,5)6)88-60-76(59-87(94)89(88)92)84-56-74(73-51-69(63-29-17-9-18-30-63)49-70(52-73)64-31-19-10-20-32-64)55-83(93-84)75-53-71(65-33-21-11-22-34-65)50-72(54-75)66-35-23-12-24-36-66/h7-60H,1-6H3. The van der Waals surface area contributed by atoms with E-state index in [0.717, 1.165) is 123 Å². The van der Waals surface area contributed by atoms with Crippen molar-refractivity contribution in [1.82, 2.24) is 4.98 Å². The van der Waals surface area contributed by atoms with E-state index in [1.807, 2.05) is 0 Å². The minimum Gasteiger partial charge on any atom is -0.311 e. The number of hydrogen-bond acceptors (Lipinski definition) is 3. The van der Waals surface area contributed by atoms with Crippen LogP contribution in [0.15, 0.2) is 328 Å². The van der Waals surface area contributed by atoms with Crippen molar-refractivity contribution in [3.63, 3.8) is 0 Å². The summed E-state index contributed by atoms with van der Waals surface area (Å²) in [6.45, 7) is 13.7. The SMILES string of the molecule is CC(C)(C)c1ccc(N2c3cc(-c4ccccc4)ccc3B3c4ccc(-c5ccccc5)cc4N(c4ccc(C(C)(C)C)cc4)c4cc(-c5cc(-c6cc(-c7ccccc7)cc(-c7ccccc7)c6)cc(-c6cc(-c7ccccc7)cc(-c7ccccc7)c6)n5)cc2c43)cc1. The van der Waals surface area contributed by atoms with Gasteiger partial charge in [0.15, 0.2) is 0 Å². The largest absolute Gasteiger partial charge is 0.311 e. The van der Waals surface area contributed by atoms with E-state index >= 15 is 0 Å². The second kappa shape index (κ2) is 24.0. The molecule has 0 atom stereocenters. The highest BCUT2D eigenvalue weighted by molar-refractivity contribution is 7.00. The summed E-state index contributed by atoms with van der Waals surface area (Å²) in [7, 11) is 0. The molecule has 95 heavy (non-hydrogen) atoms. The van der Waals surface area contributed by atoms with Crippen LogP contribution >= 0.6 is 0 Å². The highest BCUT2D eigenvalue weighted by Crippen LogP contribution is 2.49. The van der Waals surface area contributed by atoms with Crippen molar-refractivity contribution in [2.24, 2.45) is 0 Å². The highest BCUT2D eigenvalue weighted by atomic mass is 15.2. The fourth-order valence-electron chi connectivity index (χ4n) is 14.3. The molecular formula is C91H72BN3. The molecule has 0 bridgehead atoms. The maximum Gasteiger partial charge on any atom is 0.252 e. The van der Waals surface area contributed by atoms with E-state index in [0.29, 0.717) is 0 Å². The Kier molecular flexibility index (Phi) is 14.8. The molecule has 0 saturated carbocycles. The van der Waals surface area contributed by atoms with Crippen molar-refractivity contribution < 1.29 is 0 Å². The molecule has 4 heteroatoms. The lowest BCUT2D eigenvalue weighted by molar-refractivity contribution is 0.590. The molecule has 2 aliphatic heterocycles. The van der Waals surface area contributed by atoms with Gasteiger partial charge in [-0.25, -0.2) is 4.98 Å². The van der Waals surface area contributed by atoms with E-state index in [9.17, 15) is 0 Å². The molecule has 2 aliphatic rings. The summed E-state index contributed by atoms with van der Waals surface area (Å²) in [5.74, 6) is 0. The molecule has 454 valence electrons. The lowest BCUT2D eigenvalue weighted by Crippen LogP contribution is -2.61. The molecule has 1 aromatic heterocycles. The number of pyridine rings is 1. The predicted molar refractivity (Wildman–Crippen MR) is 405 cm³/mol. The van der Waals surface area contributed by atoms with Crippen LogP contribution in [0.1, 0.15) is 52.7 Å². The monoisotopic (exact) mass is 1220 g/mol. The van der Waals surface area contributed by atoms with Gasteiger partial charge in [0.1, 0.15) is 0 Å². The molecule has 0 unspecified atom stereocenters. The van der Waals surface area contributed by atoms with E-state index in [1.165, 1.54) is 38.6 Å². The first-order chi connectivity index (χ1) is 46.3. The van der Waals surface area contributed by atoms with Crippen LogP contribution in [0.5, 0.6) is 0 Å². The molecule has 0 saturated heterocycles. The second-order valence-electron chi connectivity index (χ2n) is 27.6. The van der Waals surface area contributed by atoms with Crippen molar-refractivity contribution in [1.29, 1.82) is 0 Å². The molecule has 0 aliphatic carbocycles. The van der Waals surface area contributed by atoms with E-state index in [2.05, 4.69) is 379 Å². The first-order valence-corrected chi connectivity index (χ1v) is 33.3. The first-order valence-electron chi connectivity index (χ1n) is 33.3. The van der Waals surface area contributed by atoms with Crippen molar-refractivity contribution in [3.8, 4) is 100 Å². The molecule has 3 heterocycles. The van der Waals surface area contributed by atoms with Gasteiger partial charge in [0.2, 0.25) is 0 Å². The lowest BCUT2D eigenvalue weighted by atomic mass is 9.33. The average Bonchev–Trinajstić information content (AvgIpc) is 0.695. The molecule has 3 nitrogen and oxygen atoms in total. The van der Waals surface area contributed by atoms with Gasteiger partial charge in [0, 0.05) is 45.3 Å². The average molecular weight is 1220 g/mol. The zero-order chi connectivity index (χ0) is 64.4. The molecule has 16 rings (SSSR count). The van der Waals surface area contributed by atoms with E-state index in [1.54, 1.807) is 0 Å².